The van der Waals surface area contributed by atoms with Crippen LogP contribution in [0.5, 0.6) is 0 Å². The zero-order chi connectivity index (χ0) is 20.9. The maximum Gasteiger partial charge on any atom is 0.234 e. The van der Waals surface area contributed by atoms with Gasteiger partial charge in [-0.3, -0.25) is 19.5 Å². The van der Waals surface area contributed by atoms with E-state index in [0.717, 1.165) is 5.56 Å². The van der Waals surface area contributed by atoms with Crippen LogP contribution in [0.25, 0.3) is 11.4 Å². The van der Waals surface area contributed by atoms with Crippen LogP contribution in [0.15, 0.2) is 29.0 Å². The first-order valence-corrected chi connectivity index (χ1v) is 9.84. The summed E-state index contributed by atoms with van der Waals surface area (Å²) in [6, 6.07) is 3.61. The molecule has 9 nitrogen and oxygen atoms in total. The Kier molecular flexibility index (Phi) is 6.58. The molecule has 0 atom stereocenters. The lowest BCUT2D eigenvalue weighted by Gasteiger charge is -2.35. The topological polar surface area (TPSA) is 104 Å². The first-order valence-electron chi connectivity index (χ1n) is 9.84. The number of carbonyl (C=O) groups excluding carboxylic acids is 2. The molecule has 2 aromatic rings. The van der Waals surface area contributed by atoms with E-state index in [1.165, 1.54) is 0 Å². The fourth-order valence-corrected chi connectivity index (χ4v) is 3.16. The van der Waals surface area contributed by atoms with Gasteiger partial charge in [-0.15, -0.1) is 0 Å². The molecule has 1 aliphatic rings. The van der Waals surface area contributed by atoms with Gasteiger partial charge in [-0.05, 0) is 32.9 Å². The second-order valence-electron chi connectivity index (χ2n) is 8.20. The lowest BCUT2D eigenvalue weighted by molar-refractivity contribution is -0.133. The molecule has 0 unspecified atom stereocenters. The molecule has 0 bridgehead atoms. The van der Waals surface area contributed by atoms with Crippen LogP contribution in [-0.4, -0.2) is 75.0 Å². The van der Waals surface area contributed by atoms with Gasteiger partial charge >= 0.3 is 0 Å². The van der Waals surface area contributed by atoms with Crippen LogP contribution in [-0.2, 0) is 16.0 Å². The summed E-state index contributed by atoms with van der Waals surface area (Å²) in [5, 5.41) is 6.92. The predicted octanol–water partition coefficient (Wildman–Crippen LogP) is 1.12. The molecule has 1 N–H and O–H groups in total. The van der Waals surface area contributed by atoms with E-state index in [1.54, 1.807) is 24.5 Å². The quantitative estimate of drug-likeness (QED) is 0.775. The second kappa shape index (κ2) is 9.13. The number of aromatic nitrogens is 3. The van der Waals surface area contributed by atoms with E-state index in [4.69, 9.17) is 4.52 Å². The molecule has 1 aliphatic heterocycles. The van der Waals surface area contributed by atoms with Gasteiger partial charge in [-0.2, -0.15) is 4.98 Å². The van der Waals surface area contributed by atoms with E-state index in [9.17, 15) is 9.59 Å². The SMILES string of the molecule is CC(C)(C)NC(=O)CN1CCN(C(=O)CCc2nc(-c3ccncc3)no2)CC1. The molecule has 1 fully saturated rings. The molecule has 0 saturated carbocycles. The Morgan fingerprint density at radius 3 is 2.48 bits per heavy atom. The maximum atomic E-state index is 12.5. The van der Waals surface area contributed by atoms with Crippen molar-refractivity contribution in [1.82, 2.24) is 30.2 Å². The average Bonchev–Trinajstić information content (AvgIpc) is 3.15. The van der Waals surface area contributed by atoms with Crippen LogP contribution >= 0.6 is 0 Å². The average molecular weight is 400 g/mol. The summed E-state index contributed by atoms with van der Waals surface area (Å²) in [7, 11) is 0. The molecule has 0 aromatic carbocycles. The van der Waals surface area contributed by atoms with E-state index in [1.807, 2.05) is 25.7 Å². The van der Waals surface area contributed by atoms with Crippen molar-refractivity contribution in [1.29, 1.82) is 0 Å². The van der Waals surface area contributed by atoms with E-state index in [-0.39, 0.29) is 17.4 Å². The van der Waals surface area contributed by atoms with Crippen molar-refractivity contribution in [3.05, 3.63) is 30.4 Å². The molecule has 9 heteroatoms. The monoisotopic (exact) mass is 400 g/mol. The molecule has 0 radical (unpaired) electrons. The molecule has 1 saturated heterocycles. The molecule has 0 spiro atoms. The highest BCUT2D eigenvalue weighted by molar-refractivity contribution is 5.79. The molecule has 2 aromatic heterocycles. The van der Waals surface area contributed by atoms with Gasteiger partial charge in [-0.25, -0.2) is 0 Å². The minimum absolute atomic E-state index is 0.0127. The van der Waals surface area contributed by atoms with Crippen molar-refractivity contribution in [2.75, 3.05) is 32.7 Å². The molecule has 3 heterocycles. The Hall–Kier alpha value is -2.81. The summed E-state index contributed by atoms with van der Waals surface area (Å²) in [6.45, 7) is 8.87. The van der Waals surface area contributed by atoms with Crippen LogP contribution in [0, 0.1) is 0 Å². The molecular weight excluding hydrogens is 372 g/mol. The normalized spacial score (nSPS) is 15.3. The summed E-state index contributed by atoms with van der Waals surface area (Å²) >= 11 is 0. The highest BCUT2D eigenvalue weighted by Crippen LogP contribution is 2.15. The van der Waals surface area contributed by atoms with E-state index >= 15 is 0 Å². The Morgan fingerprint density at radius 2 is 1.83 bits per heavy atom. The summed E-state index contributed by atoms with van der Waals surface area (Å²) in [5.74, 6) is 1.02. The fourth-order valence-electron chi connectivity index (χ4n) is 3.16. The molecule has 2 amide bonds. The van der Waals surface area contributed by atoms with Gasteiger partial charge in [0, 0.05) is 62.5 Å². The number of piperazine rings is 1. The Balaban J connectivity index is 1.41. The van der Waals surface area contributed by atoms with Crippen molar-refractivity contribution in [2.24, 2.45) is 0 Å². The number of carbonyl (C=O) groups is 2. The summed E-state index contributed by atoms with van der Waals surface area (Å²) in [4.78, 5) is 36.8. The standard InChI is InChI=1S/C20H28N6O3/c1-20(2,3)23-16(27)14-25-10-12-26(13-11-25)18(28)5-4-17-22-19(24-29-17)15-6-8-21-9-7-15/h6-9H,4-5,10-14H2,1-3H3,(H,23,27). The number of hydrogen-bond acceptors (Lipinski definition) is 7. The minimum atomic E-state index is -0.235. The van der Waals surface area contributed by atoms with Crippen LogP contribution in [0.1, 0.15) is 33.1 Å². The van der Waals surface area contributed by atoms with Crippen molar-refractivity contribution >= 4 is 11.8 Å². The number of nitrogens with zero attached hydrogens (tertiary/aromatic N) is 5. The zero-order valence-electron chi connectivity index (χ0n) is 17.2. The highest BCUT2D eigenvalue weighted by atomic mass is 16.5. The van der Waals surface area contributed by atoms with Crippen LogP contribution in [0.2, 0.25) is 0 Å². The molecule has 156 valence electrons. The first-order chi connectivity index (χ1) is 13.8. The van der Waals surface area contributed by atoms with Crippen molar-refractivity contribution in [3.63, 3.8) is 0 Å². The van der Waals surface area contributed by atoms with Crippen molar-refractivity contribution in [3.8, 4) is 11.4 Å². The highest BCUT2D eigenvalue weighted by Gasteiger charge is 2.24. The first kappa shape index (κ1) is 20.9. The largest absolute Gasteiger partial charge is 0.350 e. The van der Waals surface area contributed by atoms with Crippen molar-refractivity contribution < 1.29 is 14.1 Å². The third-order valence-corrected chi connectivity index (χ3v) is 4.57. The number of pyridine rings is 1. The van der Waals surface area contributed by atoms with Crippen LogP contribution in [0.4, 0.5) is 0 Å². The van der Waals surface area contributed by atoms with Crippen LogP contribution in [0.3, 0.4) is 0 Å². The zero-order valence-corrected chi connectivity index (χ0v) is 17.2. The molecule has 0 aliphatic carbocycles. The predicted molar refractivity (Wildman–Crippen MR) is 107 cm³/mol. The number of amides is 2. The van der Waals surface area contributed by atoms with Gasteiger partial charge in [0.2, 0.25) is 23.5 Å². The summed E-state index contributed by atoms with van der Waals surface area (Å²) in [6.07, 6.45) is 4.07. The van der Waals surface area contributed by atoms with Gasteiger partial charge < -0.3 is 14.7 Å². The van der Waals surface area contributed by atoms with Gasteiger partial charge in [0.05, 0.1) is 6.54 Å². The van der Waals surface area contributed by atoms with Gasteiger partial charge in [0.1, 0.15) is 0 Å². The van der Waals surface area contributed by atoms with Gasteiger partial charge in [0.25, 0.3) is 0 Å². The maximum absolute atomic E-state index is 12.5. The lowest BCUT2D eigenvalue weighted by atomic mass is 10.1. The minimum Gasteiger partial charge on any atom is -0.350 e. The lowest BCUT2D eigenvalue weighted by Crippen LogP contribution is -2.52. The van der Waals surface area contributed by atoms with E-state index in [0.29, 0.717) is 57.3 Å². The third kappa shape index (κ3) is 6.35. The Morgan fingerprint density at radius 1 is 1.14 bits per heavy atom. The van der Waals surface area contributed by atoms with E-state index in [2.05, 4.69) is 25.3 Å². The molecule has 3 rings (SSSR count). The Labute approximate surface area is 170 Å². The van der Waals surface area contributed by atoms with Crippen LogP contribution < -0.4 is 5.32 Å². The van der Waals surface area contributed by atoms with E-state index < -0.39 is 0 Å². The summed E-state index contributed by atoms with van der Waals surface area (Å²) < 4.78 is 5.25. The third-order valence-electron chi connectivity index (χ3n) is 4.57. The number of hydrogen-bond donors (Lipinski definition) is 1. The molecule has 29 heavy (non-hydrogen) atoms. The number of aryl methyl sites for hydroxylation is 1. The Bertz CT molecular complexity index is 822. The summed E-state index contributed by atoms with van der Waals surface area (Å²) in [5.41, 5.74) is 0.592. The van der Waals surface area contributed by atoms with Crippen molar-refractivity contribution in [2.45, 2.75) is 39.2 Å². The number of rotatable bonds is 6. The molecular formula is C20H28N6O3. The van der Waals surface area contributed by atoms with Gasteiger partial charge in [0.15, 0.2) is 0 Å². The number of nitrogens with one attached hydrogen (secondary N) is 1. The fraction of sp³-hybridized carbons (Fsp3) is 0.550. The second-order valence-corrected chi connectivity index (χ2v) is 8.20. The van der Waals surface area contributed by atoms with Gasteiger partial charge in [-0.1, -0.05) is 5.16 Å². The smallest absolute Gasteiger partial charge is 0.234 e.